The van der Waals surface area contributed by atoms with Crippen molar-refractivity contribution in [3.63, 3.8) is 0 Å². The number of hydrogen-bond donors (Lipinski definition) is 2. The van der Waals surface area contributed by atoms with Gasteiger partial charge in [0.15, 0.2) is 5.82 Å². The van der Waals surface area contributed by atoms with Gasteiger partial charge in [-0.1, -0.05) is 13.0 Å². The Morgan fingerprint density at radius 1 is 1.13 bits per heavy atom. The van der Waals surface area contributed by atoms with Gasteiger partial charge in [0.1, 0.15) is 6.04 Å². The molecule has 1 aliphatic carbocycles. The zero-order valence-corrected chi connectivity index (χ0v) is 13.5. The molecule has 23 heavy (non-hydrogen) atoms. The Hall–Kier alpha value is -1.86. The minimum absolute atomic E-state index is 0.0462. The average Bonchev–Trinajstić information content (AvgIpc) is 2.96. The van der Waals surface area contributed by atoms with Gasteiger partial charge in [0, 0.05) is 6.04 Å². The second kappa shape index (κ2) is 7.14. The third kappa shape index (κ3) is 4.80. The second-order valence-corrected chi connectivity index (χ2v) is 5.87. The summed E-state index contributed by atoms with van der Waals surface area (Å²) >= 11 is 0. The van der Waals surface area contributed by atoms with Crippen molar-refractivity contribution in [3.8, 4) is 0 Å². The summed E-state index contributed by atoms with van der Waals surface area (Å²) in [6, 6.07) is -1.61. The molecule has 1 heterocycles. The molecule has 8 heteroatoms. The molecule has 0 amide bonds. The summed E-state index contributed by atoms with van der Waals surface area (Å²) in [4.78, 5) is 12.6. The van der Waals surface area contributed by atoms with Crippen molar-refractivity contribution in [1.29, 1.82) is 0 Å². The van der Waals surface area contributed by atoms with Gasteiger partial charge < -0.3 is 10.6 Å². The number of aromatic nitrogens is 3. The summed E-state index contributed by atoms with van der Waals surface area (Å²) in [7, 11) is 0. The van der Waals surface area contributed by atoms with Crippen LogP contribution in [0.2, 0.25) is 0 Å². The third-order valence-corrected chi connectivity index (χ3v) is 3.49. The van der Waals surface area contributed by atoms with E-state index in [1.165, 1.54) is 6.92 Å². The van der Waals surface area contributed by atoms with E-state index in [1.807, 2.05) is 19.9 Å². The molecule has 2 rings (SSSR count). The molecule has 1 aliphatic rings. The molecule has 0 spiro atoms. The van der Waals surface area contributed by atoms with E-state index in [2.05, 4.69) is 25.6 Å². The Morgan fingerprint density at radius 2 is 1.78 bits per heavy atom. The van der Waals surface area contributed by atoms with E-state index in [9.17, 15) is 13.2 Å². The third-order valence-electron chi connectivity index (χ3n) is 3.49. The Labute approximate surface area is 133 Å². The summed E-state index contributed by atoms with van der Waals surface area (Å²) in [5, 5.41) is 5.42. The minimum atomic E-state index is -4.35. The number of allylic oxidation sites excluding steroid dienone is 2. The molecule has 1 aromatic rings. The molecule has 1 atom stereocenters. The van der Waals surface area contributed by atoms with Gasteiger partial charge in [-0.3, -0.25) is 0 Å². The van der Waals surface area contributed by atoms with Crippen molar-refractivity contribution in [3.05, 3.63) is 11.9 Å². The molecule has 0 saturated carbocycles. The summed E-state index contributed by atoms with van der Waals surface area (Å²) < 4.78 is 38.9. The summed E-state index contributed by atoms with van der Waals surface area (Å²) in [6.07, 6.45) is 0.369. The topological polar surface area (TPSA) is 62.7 Å². The van der Waals surface area contributed by atoms with Crippen LogP contribution in [-0.4, -0.2) is 33.2 Å². The largest absolute Gasteiger partial charge is 0.408 e. The molecule has 0 bridgehead atoms. The number of rotatable bonds is 6. The number of hydrogen-bond acceptors (Lipinski definition) is 5. The van der Waals surface area contributed by atoms with Crippen LogP contribution in [0.15, 0.2) is 6.08 Å². The lowest BCUT2D eigenvalue weighted by atomic mass is 10.2. The zero-order chi connectivity index (χ0) is 17.0. The molecule has 0 aliphatic heterocycles. The maximum atomic E-state index is 13.0. The van der Waals surface area contributed by atoms with Crippen LogP contribution in [0.1, 0.15) is 52.3 Å². The molecule has 0 aromatic carbocycles. The van der Waals surface area contributed by atoms with E-state index in [4.69, 9.17) is 0 Å². The first-order valence-corrected chi connectivity index (χ1v) is 7.85. The predicted octanol–water partition coefficient (Wildman–Crippen LogP) is 4.01. The van der Waals surface area contributed by atoms with Crippen LogP contribution in [0, 0.1) is 0 Å². The fourth-order valence-corrected chi connectivity index (χ4v) is 2.35. The van der Waals surface area contributed by atoms with Gasteiger partial charge in [-0.05, 0) is 45.1 Å². The van der Waals surface area contributed by atoms with Crippen LogP contribution in [0.4, 0.5) is 25.1 Å². The highest BCUT2D eigenvalue weighted by molar-refractivity contribution is 5.63. The minimum Gasteiger partial charge on any atom is -0.352 e. The van der Waals surface area contributed by atoms with Crippen molar-refractivity contribution in [2.75, 3.05) is 10.6 Å². The van der Waals surface area contributed by atoms with Gasteiger partial charge in [-0.25, -0.2) is 0 Å². The van der Waals surface area contributed by atoms with Crippen LogP contribution in [-0.2, 0) is 0 Å². The molecule has 5 nitrogen and oxygen atoms in total. The molecule has 1 aromatic heterocycles. The maximum Gasteiger partial charge on any atom is 0.408 e. The monoisotopic (exact) mass is 329 g/mol. The van der Waals surface area contributed by atoms with Crippen LogP contribution < -0.4 is 10.6 Å². The molecule has 0 radical (unpaired) electrons. The highest BCUT2D eigenvalue weighted by atomic mass is 19.4. The Kier molecular flexibility index (Phi) is 5.43. The number of alkyl halides is 3. The van der Waals surface area contributed by atoms with Gasteiger partial charge in [-0.15, -0.1) is 0 Å². The summed E-state index contributed by atoms with van der Waals surface area (Å²) in [6.45, 7) is 5.30. The van der Waals surface area contributed by atoms with Crippen molar-refractivity contribution in [2.45, 2.75) is 64.7 Å². The lowest BCUT2D eigenvalue weighted by Gasteiger charge is -2.20. The first kappa shape index (κ1) is 17.5. The van der Waals surface area contributed by atoms with Gasteiger partial charge in [-0.2, -0.15) is 28.1 Å². The zero-order valence-electron chi connectivity index (χ0n) is 13.5. The van der Waals surface area contributed by atoms with Crippen LogP contribution in [0.3, 0.4) is 0 Å². The Bertz CT molecular complexity index is 569. The average molecular weight is 329 g/mol. The molecule has 0 fully saturated rings. The smallest absolute Gasteiger partial charge is 0.352 e. The summed E-state index contributed by atoms with van der Waals surface area (Å²) in [5.41, 5.74) is 0.960. The van der Waals surface area contributed by atoms with Crippen molar-refractivity contribution < 1.29 is 13.2 Å². The molecule has 0 saturated heterocycles. The highest BCUT2D eigenvalue weighted by Crippen LogP contribution is 2.28. The number of nitrogens with zero attached hydrogens (tertiary/aromatic N) is 3. The van der Waals surface area contributed by atoms with Gasteiger partial charge in [0.05, 0.1) is 0 Å². The standard InChI is InChI=1S/C15H22F3N5/c1-4-11(15(16,17)18)20-14-22-12(10-7-5-6-8-10)21-13(23-14)19-9(2)3/h7,9,11H,4-6,8H2,1-3H3,(H2,19,20,21,22,23)/t11-/m1/s1. The van der Waals surface area contributed by atoms with E-state index in [-0.39, 0.29) is 24.4 Å². The van der Waals surface area contributed by atoms with Gasteiger partial charge in [0.2, 0.25) is 11.9 Å². The van der Waals surface area contributed by atoms with Gasteiger partial charge >= 0.3 is 6.18 Å². The van der Waals surface area contributed by atoms with E-state index >= 15 is 0 Å². The second-order valence-electron chi connectivity index (χ2n) is 5.87. The fourth-order valence-electron chi connectivity index (χ4n) is 2.35. The van der Waals surface area contributed by atoms with Crippen LogP contribution in [0.5, 0.6) is 0 Å². The number of nitrogens with one attached hydrogen (secondary N) is 2. The highest BCUT2D eigenvalue weighted by Gasteiger charge is 2.38. The lowest BCUT2D eigenvalue weighted by molar-refractivity contribution is -0.143. The first-order chi connectivity index (χ1) is 10.8. The quantitative estimate of drug-likeness (QED) is 0.825. The predicted molar refractivity (Wildman–Crippen MR) is 84.2 cm³/mol. The van der Waals surface area contributed by atoms with E-state index in [0.717, 1.165) is 24.8 Å². The number of halogens is 3. The molecular weight excluding hydrogens is 307 g/mol. The molecule has 2 N–H and O–H groups in total. The molecule has 0 unspecified atom stereocenters. The summed E-state index contributed by atoms with van der Waals surface area (Å²) in [5.74, 6) is 0.688. The normalized spacial score (nSPS) is 16.4. The van der Waals surface area contributed by atoms with Crippen molar-refractivity contribution >= 4 is 17.5 Å². The molecular formula is C15H22F3N5. The Morgan fingerprint density at radius 3 is 2.26 bits per heavy atom. The fraction of sp³-hybridized carbons (Fsp3) is 0.667. The maximum absolute atomic E-state index is 13.0. The van der Waals surface area contributed by atoms with E-state index in [0.29, 0.717) is 5.82 Å². The first-order valence-electron chi connectivity index (χ1n) is 7.85. The number of anilines is 2. The van der Waals surface area contributed by atoms with Crippen LogP contribution >= 0.6 is 0 Å². The van der Waals surface area contributed by atoms with Gasteiger partial charge in [0.25, 0.3) is 0 Å². The van der Waals surface area contributed by atoms with Crippen LogP contribution in [0.25, 0.3) is 5.57 Å². The van der Waals surface area contributed by atoms with Crippen molar-refractivity contribution in [2.24, 2.45) is 0 Å². The van der Waals surface area contributed by atoms with E-state index < -0.39 is 12.2 Å². The van der Waals surface area contributed by atoms with E-state index in [1.54, 1.807) is 0 Å². The lowest BCUT2D eigenvalue weighted by Crippen LogP contribution is -2.36. The van der Waals surface area contributed by atoms with Crippen molar-refractivity contribution in [1.82, 2.24) is 15.0 Å². The Balaban J connectivity index is 2.31. The molecule has 128 valence electrons. The SMILES string of the molecule is CC[C@@H](Nc1nc(NC(C)C)nc(C2=CCCC2)n1)C(F)(F)F.